The fraction of sp³-hybridized carbons (Fsp3) is 0.900. The number of hydrogen-bond donors (Lipinski definition) is 2. The standard InChI is InChI=1S/C10H15F3N2O/c11-10(12,13)9(4-5-9)15-8(16)6-2-1-3-7(6)14/h6-7H,1-5,14H2,(H,15,16). The maximum atomic E-state index is 12.6. The van der Waals surface area contributed by atoms with E-state index in [-0.39, 0.29) is 18.9 Å². The molecular formula is C10H15F3N2O. The summed E-state index contributed by atoms with van der Waals surface area (Å²) >= 11 is 0. The van der Waals surface area contributed by atoms with Gasteiger partial charge < -0.3 is 11.1 Å². The Morgan fingerprint density at radius 3 is 2.31 bits per heavy atom. The summed E-state index contributed by atoms with van der Waals surface area (Å²) in [4.78, 5) is 11.7. The molecule has 3 N–H and O–H groups in total. The van der Waals surface area contributed by atoms with Crippen LogP contribution in [-0.4, -0.2) is 23.7 Å². The Kier molecular flexibility index (Phi) is 2.64. The van der Waals surface area contributed by atoms with Crippen LogP contribution in [0.1, 0.15) is 32.1 Å². The van der Waals surface area contributed by atoms with E-state index >= 15 is 0 Å². The van der Waals surface area contributed by atoms with E-state index in [1.54, 1.807) is 0 Å². The molecule has 0 aliphatic heterocycles. The van der Waals surface area contributed by atoms with Gasteiger partial charge in [0.15, 0.2) is 0 Å². The lowest BCUT2D eigenvalue weighted by Gasteiger charge is -2.24. The van der Waals surface area contributed by atoms with Gasteiger partial charge in [-0.15, -0.1) is 0 Å². The van der Waals surface area contributed by atoms with Crippen molar-refractivity contribution in [2.75, 3.05) is 0 Å². The van der Waals surface area contributed by atoms with Crippen molar-refractivity contribution in [3.05, 3.63) is 0 Å². The molecule has 2 aliphatic rings. The van der Waals surface area contributed by atoms with Gasteiger partial charge in [-0.3, -0.25) is 4.79 Å². The highest BCUT2D eigenvalue weighted by atomic mass is 19.4. The number of alkyl halides is 3. The maximum Gasteiger partial charge on any atom is 0.411 e. The van der Waals surface area contributed by atoms with Crippen molar-refractivity contribution in [1.82, 2.24) is 5.32 Å². The molecule has 0 aromatic carbocycles. The van der Waals surface area contributed by atoms with Crippen molar-refractivity contribution in [3.8, 4) is 0 Å². The molecule has 2 rings (SSSR count). The molecule has 2 unspecified atom stereocenters. The number of halogens is 3. The SMILES string of the molecule is NC1CCCC1C(=O)NC1(C(F)(F)F)CC1. The second-order valence-electron chi connectivity index (χ2n) is 4.77. The molecule has 2 fully saturated rings. The van der Waals surface area contributed by atoms with Crippen molar-refractivity contribution in [2.45, 2.75) is 49.9 Å². The van der Waals surface area contributed by atoms with Crippen molar-refractivity contribution < 1.29 is 18.0 Å². The first-order valence-corrected chi connectivity index (χ1v) is 5.50. The molecule has 0 spiro atoms. The Morgan fingerprint density at radius 1 is 1.31 bits per heavy atom. The first-order chi connectivity index (χ1) is 7.36. The van der Waals surface area contributed by atoms with Crippen molar-refractivity contribution in [1.29, 1.82) is 0 Å². The van der Waals surface area contributed by atoms with Crippen LogP contribution < -0.4 is 11.1 Å². The summed E-state index contributed by atoms with van der Waals surface area (Å²) in [6.07, 6.45) is -2.23. The van der Waals surface area contributed by atoms with Crippen LogP contribution in [0.15, 0.2) is 0 Å². The minimum Gasteiger partial charge on any atom is -0.342 e. The molecule has 2 saturated carbocycles. The number of amides is 1. The molecule has 0 aromatic heterocycles. The molecule has 0 aromatic rings. The maximum absolute atomic E-state index is 12.6. The highest BCUT2D eigenvalue weighted by Gasteiger charge is 2.64. The number of nitrogens with two attached hydrogens (primary N) is 1. The van der Waals surface area contributed by atoms with Gasteiger partial charge >= 0.3 is 6.18 Å². The highest BCUT2D eigenvalue weighted by molar-refractivity contribution is 5.81. The zero-order valence-electron chi connectivity index (χ0n) is 8.81. The van der Waals surface area contributed by atoms with E-state index in [0.717, 1.165) is 12.8 Å². The highest BCUT2D eigenvalue weighted by Crippen LogP contribution is 2.49. The van der Waals surface area contributed by atoms with E-state index in [1.165, 1.54) is 0 Å². The van der Waals surface area contributed by atoms with Crippen molar-refractivity contribution in [3.63, 3.8) is 0 Å². The van der Waals surface area contributed by atoms with E-state index in [9.17, 15) is 18.0 Å². The Balaban J connectivity index is 1.98. The largest absolute Gasteiger partial charge is 0.411 e. The Hall–Kier alpha value is -0.780. The van der Waals surface area contributed by atoms with Gasteiger partial charge in [-0.05, 0) is 25.7 Å². The Morgan fingerprint density at radius 2 is 1.94 bits per heavy atom. The summed E-state index contributed by atoms with van der Waals surface area (Å²) in [7, 11) is 0. The van der Waals surface area contributed by atoms with Gasteiger partial charge in [0.25, 0.3) is 0 Å². The lowest BCUT2D eigenvalue weighted by Crippen LogP contribution is -2.51. The summed E-state index contributed by atoms with van der Waals surface area (Å²) in [6.45, 7) is 0. The van der Waals surface area contributed by atoms with Crippen LogP contribution in [0.2, 0.25) is 0 Å². The second kappa shape index (κ2) is 3.61. The van der Waals surface area contributed by atoms with E-state index < -0.39 is 23.5 Å². The first kappa shape index (κ1) is 11.7. The molecule has 16 heavy (non-hydrogen) atoms. The number of carbonyl (C=O) groups is 1. The minimum absolute atomic E-state index is 0.00972. The molecule has 0 bridgehead atoms. The van der Waals surface area contributed by atoms with Crippen LogP contribution >= 0.6 is 0 Å². The first-order valence-electron chi connectivity index (χ1n) is 5.50. The third kappa shape index (κ3) is 1.90. The van der Waals surface area contributed by atoms with Gasteiger partial charge in [0.2, 0.25) is 5.91 Å². The number of carbonyl (C=O) groups excluding carboxylic acids is 1. The fourth-order valence-electron chi connectivity index (χ4n) is 2.25. The molecule has 0 radical (unpaired) electrons. The molecule has 1 amide bonds. The summed E-state index contributed by atoms with van der Waals surface area (Å²) in [5.74, 6) is -0.973. The van der Waals surface area contributed by atoms with Gasteiger partial charge in [0, 0.05) is 6.04 Å². The van der Waals surface area contributed by atoms with Crippen LogP contribution in [0.4, 0.5) is 13.2 Å². The normalized spacial score (nSPS) is 32.5. The Labute approximate surface area is 91.6 Å². The second-order valence-corrected chi connectivity index (χ2v) is 4.77. The van der Waals surface area contributed by atoms with Gasteiger partial charge in [0.05, 0.1) is 5.92 Å². The summed E-state index contributed by atoms with van der Waals surface area (Å²) < 4.78 is 37.8. The lowest BCUT2D eigenvalue weighted by atomic mass is 10.0. The zero-order chi connectivity index (χ0) is 12.0. The van der Waals surface area contributed by atoms with Gasteiger partial charge in [-0.2, -0.15) is 13.2 Å². The van der Waals surface area contributed by atoms with Gasteiger partial charge in [-0.1, -0.05) is 6.42 Å². The molecule has 6 heteroatoms. The molecule has 0 heterocycles. The molecule has 2 aliphatic carbocycles. The number of rotatable bonds is 2. The minimum atomic E-state index is -4.34. The molecule has 0 saturated heterocycles. The van der Waals surface area contributed by atoms with Gasteiger partial charge in [0.1, 0.15) is 5.54 Å². The lowest BCUT2D eigenvalue weighted by molar-refractivity contribution is -0.171. The summed E-state index contributed by atoms with van der Waals surface area (Å²) in [5.41, 5.74) is 3.73. The summed E-state index contributed by atoms with van der Waals surface area (Å²) in [6, 6.07) is -0.288. The fourth-order valence-corrected chi connectivity index (χ4v) is 2.25. The molecular weight excluding hydrogens is 221 g/mol. The number of nitrogens with one attached hydrogen (secondary N) is 1. The van der Waals surface area contributed by atoms with E-state index in [1.807, 2.05) is 0 Å². The van der Waals surface area contributed by atoms with Crippen LogP contribution in [0.5, 0.6) is 0 Å². The van der Waals surface area contributed by atoms with Crippen molar-refractivity contribution >= 4 is 5.91 Å². The average molecular weight is 236 g/mol. The quantitative estimate of drug-likeness (QED) is 0.759. The number of hydrogen-bond acceptors (Lipinski definition) is 2. The smallest absolute Gasteiger partial charge is 0.342 e. The Bertz CT molecular complexity index is 299. The van der Waals surface area contributed by atoms with Crippen LogP contribution in [0, 0.1) is 5.92 Å². The molecule has 2 atom stereocenters. The third-order valence-corrected chi connectivity index (χ3v) is 3.56. The predicted molar refractivity (Wildman–Crippen MR) is 51.5 cm³/mol. The van der Waals surface area contributed by atoms with Crippen LogP contribution in [0.25, 0.3) is 0 Å². The van der Waals surface area contributed by atoms with Crippen molar-refractivity contribution in [2.24, 2.45) is 11.7 Å². The monoisotopic (exact) mass is 236 g/mol. The third-order valence-electron chi connectivity index (χ3n) is 3.56. The molecule has 3 nitrogen and oxygen atoms in total. The molecule has 92 valence electrons. The van der Waals surface area contributed by atoms with E-state index in [0.29, 0.717) is 6.42 Å². The zero-order valence-corrected chi connectivity index (χ0v) is 8.81. The predicted octanol–water partition coefficient (Wildman–Crippen LogP) is 1.32. The summed E-state index contributed by atoms with van der Waals surface area (Å²) in [5, 5.41) is 2.14. The van der Waals surface area contributed by atoms with Gasteiger partial charge in [-0.25, -0.2) is 0 Å². The van der Waals surface area contributed by atoms with E-state index in [4.69, 9.17) is 5.73 Å². The van der Waals surface area contributed by atoms with E-state index in [2.05, 4.69) is 5.32 Å². The average Bonchev–Trinajstić information content (AvgIpc) is 2.81. The van der Waals surface area contributed by atoms with Crippen LogP contribution in [0.3, 0.4) is 0 Å². The van der Waals surface area contributed by atoms with Crippen LogP contribution in [-0.2, 0) is 4.79 Å². The topological polar surface area (TPSA) is 55.1 Å².